The lowest BCUT2D eigenvalue weighted by molar-refractivity contribution is 0.0706. The molecule has 5 aromatic rings. The zero-order valence-corrected chi connectivity index (χ0v) is 20.6. The summed E-state index contributed by atoms with van der Waals surface area (Å²) < 4.78 is 15.5. The molecular formula is C31H27FN4O. The van der Waals surface area contributed by atoms with Gasteiger partial charge in [0.1, 0.15) is 11.6 Å². The number of amides is 1. The summed E-state index contributed by atoms with van der Waals surface area (Å²) in [7, 11) is 0. The van der Waals surface area contributed by atoms with Gasteiger partial charge in [0.05, 0.1) is 16.7 Å². The summed E-state index contributed by atoms with van der Waals surface area (Å²) in [4.78, 5) is 25.1. The lowest BCUT2D eigenvalue weighted by Gasteiger charge is -2.32. The van der Waals surface area contributed by atoms with Crippen molar-refractivity contribution in [3.63, 3.8) is 0 Å². The smallest absolute Gasteiger partial charge is 0.253 e. The van der Waals surface area contributed by atoms with E-state index in [2.05, 4.69) is 16.7 Å². The molecule has 0 aliphatic carbocycles. The molecule has 184 valence electrons. The second-order valence-corrected chi connectivity index (χ2v) is 9.58. The molecule has 1 atom stereocenters. The number of para-hydroxylation sites is 1. The molecule has 6 rings (SSSR count). The minimum atomic E-state index is -0.262. The molecule has 6 heteroatoms. The molecule has 3 aromatic carbocycles. The number of benzene rings is 3. The van der Waals surface area contributed by atoms with Crippen LogP contribution in [0, 0.1) is 12.7 Å². The van der Waals surface area contributed by atoms with Gasteiger partial charge in [0, 0.05) is 41.5 Å². The molecule has 3 heterocycles. The fraction of sp³-hybridized carbons (Fsp3) is 0.194. The maximum absolute atomic E-state index is 13.5. The Balaban J connectivity index is 1.24. The van der Waals surface area contributed by atoms with Gasteiger partial charge < -0.3 is 4.90 Å². The van der Waals surface area contributed by atoms with Crippen molar-refractivity contribution >= 4 is 16.9 Å². The number of halogens is 1. The molecule has 2 aromatic heterocycles. The van der Waals surface area contributed by atoms with Gasteiger partial charge in [-0.25, -0.2) is 9.37 Å². The van der Waals surface area contributed by atoms with Crippen LogP contribution in [-0.4, -0.2) is 38.4 Å². The third-order valence-corrected chi connectivity index (χ3v) is 7.12. The molecule has 0 N–H and O–H groups in total. The largest absolute Gasteiger partial charge is 0.338 e. The van der Waals surface area contributed by atoms with Crippen LogP contribution < -0.4 is 0 Å². The molecular weight excluding hydrogens is 463 g/mol. The Morgan fingerprint density at radius 3 is 2.54 bits per heavy atom. The van der Waals surface area contributed by atoms with Crippen LogP contribution in [0.2, 0.25) is 0 Å². The van der Waals surface area contributed by atoms with E-state index >= 15 is 0 Å². The van der Waals surface area contributed by atoms with E-state index in [1.165, 1.54) is 12.1 Å². The minimum absolute atomic E-state index is 0.0215. The standard InChI is InChI=1S/C31H27FN4O/c1-21-33-29-19-23(14-17-30(29)36(21)26-8-3-2-4-9-26)31(37)35-18-6-7-24(20-35)28-11-5-10-27(34-28)22-12-15-25(32)16-13-22/h2-5,8-17,19,24H,6-7,18,20H2,1H3/t24-/m0/s1. The molecule has 5 nitrogen and oxygen atoms in total. The summed E-state index contributed by atoms with van der Waals surface area (Å²) in [5.41, 5.74) is 6.16. The highest BCUT2D eigenvalue weighted by molar-refractivity contribution is 5.97. The maximum atomic E-state index is 13.5. The average Bonchev–Trinajstić information content (AvgIpc) is 3.28. The Morgan fingerprint density at radius 1 is 0.919 bits per heavy atom. The van der Waals surface area contributed by atoms with Crippen LogP contribution in [0.1, 0.15) is 40.6 Å². The van der Waals surface area contributed by atoms with E-state index < -0.39 is 0 Å². The first-order valence-corrected chi connectivity index (χ1v) is 12.6. The Bertz CT molecular complexity index is 1580. The first-order valence-electron chi connectivity index (χ1n) is 12.6. The molecule has 0 bridgehead atoms. The normalized spacial score (nSPS) is 15.7. The fourth-order valence-corrected chi connectivity index (χ4v) is 5.28. The Morgan fingerprint density at radius 2 is 1.73 bits per heavy atom. The van der Waals surface area contributed by atoms with E-state index in [0.717, 1.165) is 58.9 Å². The average molecular weight is 491 g/mol. The van der Waals surface area contributed by atoms with Crippen molar-refractivity contribution in [2.75, 3.05) is 13.1 Å². The first kappa shape index (κ1) is 23.1. The van der Waals surface area contributed by atoms with Crippen molar-refractivity contribution in [2.45, 2.75) is 25.7 Å². The second kappa shape index (κ2) is 9.62. The first-order chi connectivity index (χ1) is 18.1. The summed E-state index contributed by atoms with van der Waals surface area (Å²) in [6, 6.07) is 28.3. The number of aryl methyl sites for hydroxylation is 1. The third kappa shape index (κ3) is 4.51. The SMILES string of the molecule is Cc1nc2cc(C(=O)N3CCC[C@H](c4cccc(-c5ccc(F)cc5)n4)C3)ccc2n1-c1ccccc1. The highest BCUT2D eigenvalue weighted by atomic mass is 19.1. The number of piperidine rings is 1. The number of nitrogens with zero attached hydrogens (tertiary/aromatic N) is 4. The minimum Gasteiger partial charge on any atom is -0.338 e. The summed E-state index contributed by atoms with van der Waals surface area (Å²) >= 11 is 0. The molecule has 1 fully saturated rings. The Kier molecular flexibility index (Phi) is 6.01. The van der Waals surface area contributed by atoms with Gasteiger partial charge in [0.25, 0.3) is 5.91 Å². The highest BCUT2D eigenvalue weighted by Gasteiger charge is 2.27. The summed E-state index contributed by atoms with van der Waals surface area (Å²) in [6.45, 7) is 3.33. The lowest BCUT2D eigenvalue weighted by atomic mass is 9.93. The summed E-state index contributed by atoms with van der Waals surface area (Å²) in [5, 5.41) is 0. The van der Waals surface area contributed by atoms with Crippen LogP contribution in [0.3, 0.4) is 0 Å². The number of hydrogen-bond donors (Lipinski definition) is 0. The van der Waals surface area contributed by atoms with Gasteiger partial charge in [-0.2, -0.15) is 0 Å². The number of aromatic nitrogens is 3. The van der Waals surface area contributed by atoms with Crippen molar-refractivity contribution in [1.29, 1.82) is 0 Å². The summed E-state index contributed by atoms with van der Waals surface area (Å²) in [6.07, 6.45) is 1.90. The number of carbonyl (C=O) groups excluding carboxylic acids is 1. The molecule has 1 aliphatic rings. The maximum Gasteiger partial charge on any atom is 0.253 e. The van der Waals surface area contributed by atoms with Crippen molar-refractivity contribution in [2.24, 2.45) is 0 Å². The molecule has 0 saturated carbocycles. The number of fused-ring (bicyclic) bond motifs is 1. The molecule has 1 saturated heterocycles. The number of rotatable bonds is 4. The van der Waals surface area contributed by atoms with Crippen LogP contribution >= 0.6 is 0 Å². The number of pyridine rings is 1. The highest BCUT2D eigenvalue weighted by Crippen LogP contribution is 2.29. The van der Waals surface area contributed by atoms with E-state index in [9.17, 15) is 9.18 Å². The molecule has 0 unspecified atom stereocenters. The summed E-state index contributed by atoms with van der Waals surface area (Å²) in [5.74, 6) is 0.798. The van der Waals surface area contributed by atoms with Crippen LogP contribution in [0.15, 0.2) is 91.0 Å². The fourth-order valence-electron chi connectivity index (χ4n) is 5.28. The molecule has 0 radical (unpaired) electrons. The predicted octanol–water partition coefficient (Wildman–Crippen LogP) is 6.55. The molecule has 1 aliphatic heterocycles. The quantitative estimate of drug-likeness (QED) is 0.287. The van der Waals surface area contributed by atoms with E-state index in [1.807, 2.05) is 66.4 Å². The Labute approximate surface area is 215 Å². The van der Waals surface area contributed by atoms with Gasteiger partial charge in [0.15, 0.2) is 0 Å². The van der Waals surface area contributed by atoms with Gasteiger partial charge in [-0.05, 0) is 86.5 Å². The van der Waals surface area contributed by atoms with Crippen LogP contribution in [0.5, 0.6) is 0 Å². The second-order valence-electron chi connectivity index (χ2n) is 9.58. The lowest BCUT2D eigenvalue weighted by Crippen LogP contribution is -2.39. The van der Waals surface area contributed by atoms with Crippen molar-refractivity contribution in [3.8, 4) is 16.9 Å². The number of hydrogen-bond acceptors (Lipinski definition) is 3. The molecule has 0 spiro atoms. The number of likely N-dealkylation sites (tertiary alicyclic amines) is 1. The zero-order valence-electron chi connectivity index (χ0n) is 20.6. The van der Waals surface area contributed by atoms with E-state index in [4.69, 9.17) is 9.97 Å². The Hall–Kier alpha value is -4.32. The van der Waals surface area contributed by atoms with Gasteiger partial charge in [-0.3, -0.25) is 14.3 Å². The number of carbonyl (C=O) groups is 1. The van der Waals surface area contributed by atoms with Gasteiger partial charge >= 0.3 is 0 Å². The molecule has 1 amide bonds. The van der Waals surface area contributed by atoms with Crippen molar-refractivity contribution in [3.05, 3.63) is 114 Å². The predicted molar refractivity (Wildman–Crippen MR) is 143 cm³/mol. The third-order valence-electron chi connectivity index (χ3n) is 7.12. The van der Waals surface area contributed by atoms with Crippen molar-refractivity contribution in [1.82, 2.24) is 19.4 Å². The van der Waals surface area contributed by atoms with E-state index in [1.54, 1.807) is 12.1 Å². The van der Waals surface area contributed by atoms with Gasteiger partial charge in [0.2, 0.25) is 0 Å². The van der Waals surface area contributed by atoms with Crippen LogP contribution in [0.4, 0.5) is 4.39 Å². The monoisotopic (exact) mass is 490 g/mol. The van der Waals surface area contributed by atoms with Crippen LogP contribution in [-0.2, 0) is 0 Å². The molecule has 37 heavy (non-hydrogen) atoms. The topological polar surface area (TPSA) is 51.0 Å². The van der Waals surface area contributed by atoms with Gasteiger partial charge in [-0.15, -0.1) is 0 Å². The van der Waals surface area contributed by atoms with Gasteiger partial charge in [-0.1, -0.05) is 24.3 Å². The number of imidazole rings is 1. The van der Waals surface area contributed by atoms with E-state index in [-0.39, 0.29) is 17.6 Å². The zero-order chi connectivity index (χ0) is 25.4. The van der Waals surface area contributed by atoms with Crippen molar-refractivity contribution < 1.29 is 9.18 Å². The van der Waals surface area contributed by atoms with Crippen LogP contribution in [0.25, 0.3) is 28.0 Å². The van der Waals surface area contributed by atoms with E-state index in [0.29, 0.717) is 12.1 Å².